The molecule has 3 aromatic rings. The number of hydrogen-bond acceptors (Lipinski definition) is 6. The van der Waals surface area contributed by atoms with Crippen LogP contribution < -0.4 is 19.6 Å². The van der Waals surface area contributed by atoms with E-state index >= 15 is 0 Å². The summed E-state index contributed by atoms with van der Waals surface area (Å²) in [4.78, 5) is 12.3. The second-order valence-electron chi connectivity index (χ2n) is 6.31. The van der Waals surface area contributed by atoms with Crippen LogP contribution in [0.3, 0.4) is 0 Å². The van der Waals surface area contributed by atoms with Crippen molar-refractivity contribution in [3.05, 3.63) is 83.9 Å². The molecular weight excluding hydrogens is 418 g/mol. The summed E-state index contributed by atoms with van der Waals surface area (Å²) in [5, 5.41) is 3.91. The Kier molecular flexibility index (Phi) is 6.88. The van der Waals surface area contributed by atoms with Gasteiger partial charge in [0.1, 0.15) is 11.5 Å². The van der Waals surface area contributed by atoms with Gasteiger partial charge in [-0.1, -0.05) is 30.3 Å². The maximum absolute atomic E-state index is 12.8. The first-order valence-corrected chi connectivity index (χ1v) is 10.6. The van der Waals surface area contributed by atoms with Gasteiger partial charge in [-0.25, -0.2) is 13.8 Å². The standard InChI is InChI=1S/C22H21N3O5S/c1-29-18-9-5-7-16(13-18)15-23-24-22(26)17-8-6-10-19(14-17)31(27,28)25-20-11-3-4-12-21(20)30-2/h3-15,25H,1-2H3,(H,24,26). The molecule has 3 rings (SSSR count). The van der Waals surface area contributed by atoms with Crippen LogP contribution >= 0.6 is 0 Å². The number of methoxy groups -OCH3 is 2. The summed E-state index contributed by atoms with van der Waals surface area (Å²) in [5.41, 5.74) is 3.56. The monoisotopic (exact) mass is 439 g/mol. The van der Waals surface area contributed by atoms with Gasteiger partial charge >= 0.3 is 0 Å². The van der Waals surface area contributed by atoms with Crippen LogP contribution in [0.1, 0.15) is 15.9 Å². The SMILES string of the molecule is COc1cccc(C=NNC(=O)c2cccc(S(=O)(=O)Nc3ccccc3OC)c2)c1. The van der Waals surface area contributed by atoms with E-state index in [-0.39, 0.29) is 10.5 Å². The lowest BCUT2D eigenvalue weighted by atomic mass is 10.2. The summed E-state index contributed by atoms with van der Waals surface area (Å²) in [6.45, 7) is 0. The zero-order chi connectivity index (χ0) is 22.3. The van der Waals surface area contributed by atoms with E-state index in [0.717, 1.165) is 5.56 Å². The Balaban J connectivity index is 1.74. The van der Waals surface area contributed by atoms with Crippen molar-refractivity contribution in [2.24, 2.45) is 5.10 Å². The highest BCUT2D eigenvalue weighted by molar-refractivity contribution is 7.92. The first kappa shape index (κ1) is 21.8. The average Bonchev–Trinajstić information content (AvgIpc) is 2.79. The van der Waals surface area contributed by atoms with Crippen molar-refractivity contribution in [1.29, 1.82) is 0 Å². The molecule has 9 heteroatoms. The summed E-state index contributed by atoms with van der Waals surface area (Å²) < 4.78 is 38.3. The smallest absolute Gasteiger partial charge is 0.271 e. The minimum atomic E-state index is -3.94. The van der Waals surface area contributed by atoms with E-state index in [9.17, 15) is 13.2 Å². The molecule has 0 heterocycles. The fourth-order valence-electron chi connectivity index (χ4n) is 2.69. The molecule has 0 radical (unpaired) electrons. The molecule has 0 saturated heterocycles. The van der Waals surface area contributed by atoms with Crippen molar-refractivity contribution in [3.63, 3.8) is 0 Å². The van der Waals surface area contributed by atoms with E-state index in [2.05, 4.69) is 15.2 Å². The maximum atomic E-state index is 12.8. The van der Waals surface area contributed by atoms with Crippen molar-refractivity contribution in [2.75, 3.05) is 18.9 Å². The molecule has 3 aromatic carbocycles. The number of rotatable bonds is 8. The quantitative estimate of drug-likeness (QED) is 0.414. The topological polar surface area (TPSA) is 106 Å². The van der Waals surface area contributed by atoms with Crippen molar-refractivity contribution in [1.82, 2.24) is 5.43 Å². The van der Waals surface area contributed by atoms with Gasteiger partial charge in [-0.05, 0) is 48.0 Å². The van der Waals surface area contributed by atoms with E-state index in [1.165, 1.54) is 37.6 Å². The van der Waals surface area contributed by atoms with Gasteiger partial charge in [0, 0.05) is 5.56 Å². The highest BCUT2D eigenvalue weighted by Crippen LogP contribution is 2.26. The van der Waals surface area contributed by atoms with Crippen molar-refractivity contribution in [2.45, 2.75) is 4.90 Å². The summed E-state index contributed by atoms with van der Waals surface area (Å²) >= 11 is 0. The molecule has 160 valence electrons. The third-order valence-electron chi connectivity index (χ3n) is 4.23. The number of para-hydroxylation sites is 2. The molecule has 0 aliphatic heterocycles. The Morgan fingerprint density at radius 1 is 0.935 bits per heavy atom. The lowest BCUT2D eigenvalue weighted by Crippen LogP contribution is -2.19. The van der Waals surface area contributed by atoms with E-state index < -0.39 is 15.9 Å². The Morgan fingerprint density at radius 3 is 2.48 bits per heavy atom. The summed E-state index contributed by atoms with van der Waals surface area (Å²) in [5.74, 6) is 0.496. The molecule has 0 spiro atoms. The molecule has 0 aliphatic rings. The van der Waals surface area contributed by atoms with Gasteiger partial charge in [-0.3, -0.25) is 9.52 Å². The Morgan fingerprint density at radius 2 is 1.71 bits per heavy atom. The lowest BCUT2D eigenvalue weighted by Gasteiger charge is -2.12. The van der Waals surface area contributed by atoms with Crippen molar-refractivity contribution in [3.8, 4) is 11.5 Å². The number of sulfonamides is 1. The van der Waals surface area contributed by atoms with Gasteiger partial charge in [0.15, 0.2) is 0 Å². The molecule has 0 unspecified atom stereocenters. The summed E-state index contributed by atoms with van der Waals surface area (Å²) in [7, 11) is -0.930. The fourth-order valence-corrected chi connectivity index (χ4v) is 3.80. The number of carbonyl (C=O) groups excluding carboxylic acids is 1. The molecule has 0 atom stereocenters. The lowest BCUT2D eigenvalue weighted by molar-refractivity contribution is 0.0955. The van der Waals surface area contributed by atoms with Crippen LogP contribution in [-0.2, 0) is 10.0 Å². The molecule has 0 aromatic heterocycles. The third kappa shape index (κ3) is 5.61. The van der Waals surface area contributed by atoms with E-state index in [4.69, 9.17) is 9.47 Å². The third-order valence-corrected chi connectivity index (χ3v) is 5.59. The Labute approximate surface area is 180 Å². The molecule has 0 fully saturated rings. The Bertz CT molecular complexity index is 1210. The van der Waals surface area contributed by atoms with Crippen LogP contribution in [0.15, 0.2) is 82.8 Å². The second kappa shape index (κ2) is 9.77. The average molecular weight is 439 g/mol. The Hall–Kier alpha value is -3.85. The number of anilines is 1. The first-order valence-electron chi connectivity index (χ1n) is 9.16. The van der Waals surface area contributed by atoms with Gasteiger partial charge in [0.25, 0.3) is 15.9 Å². The summed E-state index contributed by atoms with van der Waals surface area (Å²) in [6.07, 6.45) is 1.46. The summed E-state index contributed by atoms with van der Waals surface area (Å²) in [6, 6.07) is 19.4. The minimum Gasteiger partial charge on any atom is -0.497 e. The maximum Gasteiger partial charge on any atom is 0.271 e. The number of hydrazone groups is 1. The van der Waals surface area contributed by atoms with Crippen LogP contribution in [0, 0.1) is 0 Å². The van der Waals surface area contributed by atoms with Crippen LogP contribution in [-0.4, -0.2) is 34.8 Å². The van der Waals surface area contributed by atoms with Crippen molar-refractivity contribution >= 4 is 27.8 Å². The highest BCUT2D eigenvalue weighted by atomic mass is 32.2. The number of hydrogen-bond donors (Lipinski definition) is 2. The van der Waals surface area contributed by atoms with Gasteiger partial charge in [0.2, 0.25) is 0 Å². The zero-order valence-corrected chi connectivity index (χ0v) is 17.7. The number of carbonyl (C=O) groups is 1. The predicted molar refractivity (Wildman–Crippen MR) is 118 cm³/mol. The van der Waals surface area contributed by atoms with Crippen LogP contribution in [0.2, 0.25) is 0 Å². The largest absolute Gasteiger partial charge is 0.497 e. The molecule has 0 bridgehead atoms. The zero-order valence-electron chi connectivity index (χ0n) is 16.9. The predicted octanol–water partition coefficient (Wildman–Crippen LogP) is 3.27. The molecule has 2 N–H and O–H groups in total. The molecule has 0 saturated carbocycles. The normalized spacial score (nSPS) is 11.2. The van der Waals surface area contributed by atoms with Gasteiger partial charge in [-0.2, -0.15) is 5.10 Å². The van der Waals surface area contributed by atoms with E-state index in [0.29, 0.717) is 17.2 Å². The van der Waals surface area contributed by atoms with Crippen LogP contribution in [0.5, 0.6) is 11.5 Å². The number of amides is 1. The molecule has 1 amide bonds. The number of ether oxygens (including phenoxy) is 2. The van der Waals surface area contributed by atoms with Crippen molar-refractivity contribution < 1.29 is 22.7 Å². The molecular formula is C22H21N3O5S. The van der Waals surface area contributed by atoms with Crippen LogP contribution in [0.4, 0.5) is 5.69 Å². The second-order valence-corrected chi connectivity index (χ2v) is 7.99. The van der Waals surface area contributed by atoms with E-state index in [1.54, 1.807) is 55.6 Å². The number of benzene rings is 3. The number of nitrogens with zero attached hydrogens (tertiary/aromatic N) is 1. The van der Waals surface area contributed by atoms with Gasteiger partial charge in [-0.15, -0.1) is 0 Å². The van der Waals surface area contributed by atoms with Gasteiger partial charge < -0.3 is 9.47 Å². The molecule has 31 heavy (non-hydrogen) atoms. The fraction of sp³-hybridized carbons (Fsp3) is 0.0909. The number of nitrogens with one attached hydrogen (secondary N) is 2. The molecule has 0 aliphatic carbocycles. The van der Waals surface area contributed by atoms with E-state index in [1.807, 2.05) is 0 Å². The first-order chi connectivity index (χ1) is 14.9. The molecule has 8 nitrogen and oxygen atoms in total. The van der Waals surface area contributed by atoms with Gasteiger partial charge in [0.05, 0.1) is 31.0 Å². The van der Waals surface area contributed by atoms with Crippen LogP contribution in [0.25, 0.3) is 0 Å². The minimum absolute atomic E-state index is 0.0668. The highest BCUT2D eigenvalue weighted by Gasteiger charge is 2.18.